The smallest absolute Gasteiger partial charge is 0.410 e. The fraction of sp³-hybridized carbons (Fsp3) is 0.889. The van der Waals surface area contributed by atoms with E-state index in [9.17, 15) is 9.59 Å². The van der Waals surface area contributed by atoms with Gasteiger partial charge in [0.15, 0.2) is 5.60 Å². The normalized spacial score (nSPS) is 23.8. The minimum absolute atomic E-state index is 0.0386. The van der Waals surface area contributed by atoms with Gasteiger partial charge in [-0.3, -0.25) is 0 Å². The molecule has 0 aromatic heterocycles. The second-order valence-corrected chi connectivity index (χ2v) is 7.83. The SMILES string of the molecule is COC(=O)C1(OCC2CCCN2C(=O)OC(C)(C)C)CCCCC1. The van der Waals surface area contributed by atoms with Crippen LogP contribution < -0.4 is 0 Å². The number of hydrogen-bond donors (Lipinski definition) is 0. The molecule has 138 valence electrons. The lowest BCUT2D eigenvalue weighted by Crippen LogP contribution is -2.48. The van der Waals surface area contributed by atoms with E-state index in [-0.39, 0.29) is 18.1 Å². The van der Waals surface area contributed by atoms with Gasteiger partial charge in [-0.25, -0.2) is 9.59 Å². The van der Waals surface area contributed by atoms with E-state index in [2.05, 4.69) is 0 Å². The standard InChI is InChI=1S/C18H31NO5/c1-17(2,3)24-16(21)19-12-8-9-14(19)13-23-18(15(20)22-4)10-6-5-7-11-18/h14H,5-13H2,1-4H3. The van der Waals surface area contributed by atoms with Gasteiger partial charge < -0.3 is 19.1 Å². The first-order valence-corrected chi connectivity index (χ1v) is 8.99. The van der Waals surface area contributed by atoms with E-state index in [4.69, 9.17) is 14.2 Å². The van der Waals surface area contributed by atoms with Crippen LogP contribution in [0.1, 0.15) is 65.7 Å². The molecular formula is C18H31NO5. The minimum atomic E-state index is -0.838. The first kappa shape index (κ1) is 19.0. The lowest BCUT2D eigenvalue weighted by Gasteiger charge is -2.36. The molecule has 24 heavy (non-hydrogen) atoms. The van der Waals surface area contributed by atoms with E-state index in [0.717, 1.165) is 32.1 Å². The third kappa shape index (κ3) is 4.62. The van der Waals surface area contributed by atoms with Crippen LogP contribution in [0, 0.1) is 0 Å². The molecule has 1 heterocycles. The highest BCUT2D eigenvalue weighted by Gasteiger charge is 2.43. The van der Waals surface area contributed by atoms with Crippen molar-refractivity contribution in [1.29, 1.82) is 0 Å². The molecule has 0 aromatic rings. The summed E-state index contributed by atoms with van der Waals surface area (Å²) < 4.78 is 16.6. The Morgan fingerprint density at radius 3 is 2.38 bits per heavy atom. The molecule has 1 atom stereocenters. The van der Waals surface area contributed by atoms with Gasteiger partial charge in [-0.15, -0.1) is 0 Å². The summed E-state index contributed by atoms with van der Waals surface area (Å²) in [5, 5.41) is 0. The molecule has 1 saturated carbocycles. The van der Waals surface area contributed by atoms with Crippen LogP contribution in [0.15, 0.2) is 0 Å². The second kappa shape index (κ2) is 7.72. The summed E-state index contributed by atoms with van der Waals surface area (Å²) in [6.07, 6.45) is 5.94. The molecule has 6 heteroatoms. The van der Waals surface area contributed by atoms with Gasteiger partial charge in [0.1, 0.15) is 5.60 Å². The summed E-state index contributed by atoms with van der Waals surface area (Å²) in [4.78, 5) is 26.3. The van der Waals surface area contributed by atoms with Crippen LogP contribution in [0.3, 0.4) is 0 Å². The summed E-state index contributed by atoms with van der Waals surface area (Å²) in [6.45, 7) is 6.62. The summed E-state index contributed by atoms with van der Waals surface area (Å²) >= 11 is 0. The lowest BCUT2D eigenvalue weighted by molar-refractivity contribution is -0.176. The Labute approximate surface area is 144 Å². The number of hydrogen-bond acceptors (Lipinski definition) is 5. The Morgan fingerprint density at radius 2 is 1.79 bits per heavy atom. The third-order valence-corrected chi connectivity index (χ3v) is 4.78. The summed E-state index contributed by atoms with van der Waals surface area (Å²) in [6, 6.07) is -0.0386. The molecule has 2 fully saturated rings. The molecule has 0 radical (unpaired) electrons. The van der Waals surface area contributed by atoms with Crippen molar-refractivity contribution in [3.8, 4) is 0 Å². The third-order valence-electron chi connectivity index (χ3n) is 4.78. The van der Waals surface area contributed by atoms with Gasteiger partial charge in [0.05, 0.1) is 19.8 Å². The van der Waals surface area contributed by atoms with Gasteiger partial charge in [0.25, 0.3) is 0 Å². The number of methoxy groups -OCH3 is 1. The molecule has 1 aliphatic carbocycles. The summed E-state index contributed by atoms with van der Waals surface area (Å²) in [7, 11) is 1.41. The van der Waals surface area contributed by atoms with Crippen molar-refractivity contribution in [1.82, 2.24) is 4.90 Å². The molecule has 1 saturated heterocycles. The maximum Gasteiger partial charge on any atom is 0.410 e. The number of carbonyl (C=O) groups is 2. The Bertz CT molecular complexity index is 451. The van der Waals surface area contributed by atoms with E-state index in [1.807, 2.05) is 20.8 Å². The summed E-state index contributed by atoms with van der Waals surface area (Å²) in [5.74, 6) is -0.288. The molecule has 0 bridgehead atoms. The number of nitrogens with zero attached hydrogens (tertiary/aromatic N) is 1. The fourth-order valence-electron chi connectivity index (χ4n) is 3.54. The lowest BCUT2D eigenvalue weighted by atomic mass is 9.84. The Balaban J connectivity index is 1.98. The highest BCUT2D eigenvalue weighted by atomic mass is 16.6. The van der Waals surface area contributed by atoms with Crippen LogP contribution in [0.4, 0.5) is 4.79 Å². The van der Waals surface area contributed by atoms with Crippen LogP contribution in [-0.4, -0.2) is 54.5 Å². The second-order valence-electron chi connectivity index (χ2n) is 7.83. The van der Waals surface area contributed by atoms with Crippen LogP contribution >= 0.6 is 0 Å². The topological polar surface area (TPSA) is 65.1 Å². The molecule has 0 N–H and O–H groups in total. The Morgan fingerprint density at radius 1 is 1.12 bits per heavy atom. The minimum Gasteiger partial charge on any atom is -0.467 e. The molecule has 1 aliphatic heterocycles. The Hall–Kier alpha value is -1.30. The number of carbonyl (C=O) groups excluding carboxylic acids is 2. The zero-order valence-corrected chi connectivity index (χ0v) is 15.4. The zero-order chi connectivity index (χ0) is 17.8. The highest BCUT2D eigenvalue weighted by Crippen LogP contribution is 2.34. The quantitative estimate of drug-likeness (QED) is 0.734. The number of likely N-dealkylation sites (tertiary alicyclic amines) is 1. The molecule has 0 aromatic carbocycles. The molecular weight excluding hydrogens is 310 g/mol. The van der Waals surface area contributed by atoms with Crippen molar-refractivity contribution < 1.29 is 23.8 Å². The van der Waals surface area contributed by atoms with Crippen molar-refractivity contribution in [3.63, 3.8) is 0 Å². The van der Waals surface area contributed by atoms with E-state index >= 15 is 0 Å². The maximum absolute atomic E-state index is 12.3. The van der Waals surface area contributed by atoms with Crippen LogP contribution in [0.2, 0.25) is 0 Å². The molecule has 6 nitrogen and oxygen atoms in total. The van der Waals surface area contributed by atoms with Crippen LogP contribution in [0.5, 0.6) is 0 Å². The molecule has 0 spiro atoms. The monoisotopic (exact) mass is 341 g/mol. The number of ether oxygens (including phenoxy) is 3. The van der Waals surface area contributed by atoms with Gasteiger partial charge in [0, 0.05) is 6.54 Å². The Kier molecular flexibility index (Phi) is 6.12. The average Bonchev–Trinajstić information content (AvgIpc) is 3.00. The first-order valence-electron chi connectivity index (χ1n) is 8.99. The van der Waals surface area contributed by atoms with Crippen molar-refractivity contribution >= 4 is 12.1 Å². The maximum atomic E-state index is 12.3. The van der Waals surface area contributed by atoms with Gasteiger partial charge in [-0.1, -0.05) is 6.42 Å². The van der Waals surface area contributed by atoms with Gasteiger partial charge >= 0.3 is 12.1 Å². The van der Waals surface area contributed by atoms with Crippen molar-refractivity contribution in [2.24, 2.45) is 0 Å². The van der Waals surface area contributed by atoms with Crippen LogP contribution in [0.25, 0.3) is 0 Å². The van der Waals surface area contributed by atoms with Gasteiger partial charge in [-0.2, -0.15) is 0 Å². The van der Waals surface area contributed by atoms with Gasteiger partial charge in [0.2, 0.25) is 0 Å². The van der Waals surface area contributed by atoms with E-state index in [0.29, 0.717) is 26.0 Å². The number of esters is 1. The van der Waals surface area contributed by atoms with E-state index in [1.54, 1.807) is 4.90 Å². The van der Waals surface area contributed by atoms with Crippen molar-refractivity contribution in [2.75, 3.05) is 20.3 Å². The number of amides is 1. The van der Waals surface area contributed by atoms with E-state index in [1.165, 1.54) is 7.11 Å². The zero-order valence-electron chi connectivity index (χ0n) is 15.4. The molecule has 2 rings (SSSR count). The number of rotatable bonds is 4. The highest BCUT2D eigenvalue weighted by molar-refractivity contribution is 5.79. The molecule has 2 aliphatic rings. The molecule has 1 unspecified atom stereocenters. The predicted molar refractivity (Wildman–Crippen MR) is 89.7 cm³/mol. The van der Waals surface area contributed by atoms with Gasteiger partial charge in [-0.05, 0) is 59.3 Å². The van der Waals surface area contributed by atoms with Crippen molar-refractivity contribution in [3.05, 3.63) is 0 Å². The first-order chi connectivity index (χ1) is 11.3. The predicted octanol–water partition coefficient (Wildman–Crippen LogP) is 3.28. The van der Waals surface area contributed by atoms with Crippen molar-refractivity contribution in [2.45, 2.75) is 83.0 Å². The van der Waals surface area contributed by atoms with Crippen LogP contribution in [-0.2, 0) is 19.0 Å². The fourth-order valence-corrected chi connectivity index (χ4v) is 3.54. The molecule has 1 amide bonds. The average molecular weight is 341 g/mol. The van der Waals surface area contributed by atoms with E-state index < -0.39 is 11.2 Å². The largest absolute Gasteiger partial charge is 0.467 e. The summed E-state index contributed by atoms with van der Waals surface area (Å²) in [5.41, 5.74) is -1.35.